The molecule has 0 aromatic heterocycles. The van der Waals surface area contributed by atoms with Gasteiger partial charge in [-0.1, -0.05) is 48.5 Å². The number of methoxy groups -OCH3 is 1. The molecule has 3 atom stereocenters. The van der Waals surface area contributed by atoms with Crippen LogP contribution in [0, 0.1) is 5.92 Å². The average molecular weight is 398 g/mol. The molecule has 0 saturated carbocycles. The Bertz CT molecular complexity index is 1120. The van der Waals surface area contributed by atoms with Crippen molar-refractivity contribution in [1.82, 2.24) is 0 Å². The SMILES string of the molecule is COc1ccc([C@H]2C[C@H]3C(=O)Oc4cc(O)ccc4C3=C[C@H]2c2ccccc2)cc1. The lowest BCUT2D eigenvalue weighted by Crippen LogP contribution is -2.32. The summed E-state index contributed by atoms with van der Waals surface area (Å²) in [5.41, 5.74) is 4.25. The smallest absolute Gasteiger partial charge is 0.318 e. The molecule has 1 aliphatic heterocycles. The molecule has 0 bridgehead atoms. The van der Waals surface area contributed by atoms with Gasteiger partial charge in [-0.3, -0.25) is 4.79 Å². The van der Waals surface area contributed by atoms with E-state index in [1.54, 1.807) is 13.2 Å². The van der Waals surface area contributed by atoms with E-state index in [1.165, 1.54) is 17.2 Å². The van der Waals surface area contributed by atoms with E-state index < -0.39 is 0 Å². The zero-order valence-corrected chi connectivity index (χ0v) is 16.6. The van der Waals surface area contributed by atoms with Crippen molar-refractivity contribution in [3.63, 3.8) is 0 Å². The number of hydrogen-bond acceptors (Lipinski definition) is 4. The van der Waals surface area contributed by atoms with Gasteiger partial charge in [0.25, 0.3) is 0 Å². The van der Waals surface area contributed by atoms with Crippen molar-refractivity contribution >= 4 is 11.5 Å². The maximum atomic E-state index is 12.9. The van der Waals surface area contributed by atoms with Crippen molar-refractivity contribution in [3.05, 3.63) is 95.6 Å². The van der Waals surface area contributed by atoms with E-state index in [-0.39, 0.29) is 29.5 Å². The van der Waals surface area contributed by atoms with Crippen LogP contribution in [0.4, 0.5) is 0 Å². The number of esters is 1. The molecule has 4 heteroatoms. The zero-order valence-electron chi connectivity index (χ0n) is 16.6. The summed E-state index contributed by atoms with van der Waals surface area (Å²) < 4.78 is 10.9. The summed E-state index contributed by atoms with van der Waals surface area (Å²) in [5.74, 6) is 1.01. The van der Waals surface area contributed by atoms with Crippen LogP contribution in [0.5, 0.6) is 17.2 Å². The molecule has 0 radical (unpaired) electrons. The lowest BCUT2D eigenvalue weighted by atomic mass is 9.68. The molecule has 1 heterocycles. The predicted molar refractivity (Wildman–Crippen MR) is 115 cm³/mol. The summed E-state index contributed by atoms with van der Waals surface area (Å²) in [6, 6.07) is 23.5. The number of ether oxygens (including phenoxy) is 2. The lowest BCUT2D eigenvalue weighted by Gasteiger charge is -2.38. The number of carbonyl (C=O) groups excluding carboxylic acids is 1. The van der Waals surface area contributed by atoms with E-state index in [0.29, 0.717) is 12.2 Å². The van der Waals surface area contributed by atoms with Crippen LogP contribution >= 0.6 is 0 Å². The number of benzene rings is 3. The van der Waals surface area contributed by atoms with E-state index >= 15 is 0 Å². The van der Waals surface area contributed by atoms with Crippen molar-refractivity contribution in [2.75, 3.05) is 7.11 Å². The van der Waals surface area contributed by atoms with Gasteiger partial charge in [-0.05, 0) is 53.3 Å². The van der Waals surface area contributed by atoms with Crippen LogP contribution in [-0.4, -0.2) is 18.2 Å². The molecule has 0 fully saturated rings. The van der Waals surface area contributed by atoms with Gasteiger partial charge in [0.15, 0.2) is 0 Å². The molecular weight excluding hydrogens is 376 g/mol. The fourth-order valence-electron chi connectivity index (χ4n) is 4.67. The first-order chi connectivity index (χ1) is 14.6. The minimum atomic E-state index is -0.325. The van der Waals surface area contributed by atoms with E-state index in [1.807, 2.05) is 36.4 Å². The summed E-state index contributed by atoms with van der Waals surface area (Å²) in [6.07, 6.45) is 2.88. The first-order valence-corrected chi connectivity index (χ1v) is 10.1. The Labute approximate surface area is 175 Å². The zero-order chi connectivity index (χ0) is 20.7. The van der Waals surface area contributed by atoms with Gasteiger partial charge in [0.05, 0.1) is 13.0 Å². The van der Waals surface area contributed by atoms with E-state index in [4.69, 9.17) is 9.47 Å². The first kappa shape index (κ1) is 18.5. The summed E-state index contributed by atoms with van der Waals surface area (Å²) >= 11 is 0. The van der Waals surface area contributed by atoms with Crippen LogP contribution in [-0.2, 0) is 4.79 Å². The first-order valence-electron chi connectivity index (χ1n) is 10.1. The third-order valence-corrected chi connectivity index (χ3v) is 6.16. The van der Waals surface area contributed by atoms with Crippen molar-refractivity contribution < 1.29 is 19.4 Å². The van der Waals surface area contributed by atoms with Crippen LogP contribution in [0.1, 0.15) is 34.9 Å². The molecule has 0 saturated heterocycles. The second kappa shape index (κ2) is 7.38. The highest BCUT2D eigenvalue weighted by Crippen LogP contribution is 2.51. The van der Waals surface area contributed by atoms with Gasteiger partial charge >= 0.3 is 5.97 Å². The van der Waals surface area contributed by atoms with E-state index in [9.17, 15) is 9.90 Å². The van der Waals surface area contributed by atoms with Crippen LogP contribution in [0.3, 0.4) is 0 Å². The highest BCUT2D eigenvalue weighted by Gasteiger charge is 2.41. The third-order valence-electron chi connectivity index (χ3n) is 6.16. The summed E-state index contributed by atoms with van der Waals surface area (Å²) in [4.78, 5) is 12.9. The Balaban J connectivity index is 1.65. The van der Waals surface area contributed by atoms with Gasteiger partial charge in [-0.2, -0.15) is 0 Å². The van der Waals surface area contributed by atoms with Crippen LogP contribution < -0.4 is 9.47 Å². The fraction of sp³-hybridized carbons (Fsp3) is 0.192. The lowest BCUT2D eigenvalue weighted by molar-refractivity contribution is -0.138. The molecule has 3 aromatic rings. The van der Waals surface area contributed by atoms with E-state index in [2.05, 4.69) is 30.3 Å². The minimum Gasteiger partial charge on any atom is -0.508 e. The van der Waals surface area contributed by atoms with Gasteiger partial charge in [-0.25, -0.2) is 0 Å². The van der Waals surface area contributed by atoms with Gasteiger partial charge in [0.2, 0.25) is 0 Å². The second-order valence-corrected chi connectivity index (χ2v) is 7.83. The van der Waals surface area contributed by atoms with Crippen molar-refractivity contribution in [1.29, 1.82) is 0 Å². The summed E-state index contributed by atoms with van der Waals surface area (Å²) in [7, 11) is 1.66. The van der Waals surface area contributed by atoms with Gasteiger partial charge in [-0.15, -0.1) is 0 Å². The highest BCUT2D eigenvalue weighted by molar-refractivity contribution is 5.96. The number of rotatable bonds is 3. The molecule has 4 nitrogen and oxygen atoms in total. The number of phenols is 1. The number of fused-ring (bicyclic) bond motifs is 3. The maximum Gasteiger partial charge on any atom is 0.318 e. The second-order valence-electron chi connectivity index (χ2n) is 7.83. The van der Waals surface area contributed by atoms with Crippen molar-refractivity contribution in [3.8, 4) is 17.2 Å². The van der Waals surface area contributed by atoms with E-state index in [0.717, 1.165) is 16.9 Å². The molecule has 1 N–H and O–H groups in total. The standard InChI is InChI=1S/C26H22O4/c1-29-19-10-7-17(8-11-19)22-15-24-23(14-21(22)16-5-3-2-4-6-16)20-12-9-18(27)13-25(20)30-26(24)28/h2-14,21-22,24,27H,15H2,1H3/t21-,22+,24+/m0/s1. The van der Waals surface area contributed by atoms with Crippen LogP contribution in [0.15, 0.2) is 78.9 Å². The van der Waals surface area contributed by atoms with Crippen LogP contribution in [0.25, 0.3) is 5.57 Å². The van der Waals surface area contributed by atoms with Gasteiger partial charge in [0, 0.05) is 17.5 Å². The fourth-order valence-corrected chi connectivity index (χ4v) is 4.67. The monoisotopic (exact) mass is 398 g/mol. The van der Waals surface area contributed by atoms with Crippen molar-refractivity contribution in [2.24, 2.45) is 5.92 Å². The van der Waals surface area contributed by atoms with Gasteiger partial charge in [0.1, 0.15) is 17.2 Å². The Morgan fingerprint density at radius 2 is 1.73 bits per heavy atom. The number of carbonyl (C=O) groups is 1. The van der Waals surface area contributed by atoms with Crippen molar-refractivity contribution in [2.45, 2.75) is 18.3 Å². The number of allylic oxidation sites excluding steroid dienone is 1. The molecule has 30 heavy (non-hydrogen) atoms. The summed E-state index contributed by atoms with van der Waals surface area (Å²) in [5, 5.41) is 9.81. The molecule has 0 unspecified atom stereocenters. The molecule has 0 amide bonds. The summed E-state index contributed by atoms with van der Waals surface area (Å²) in [6.45, 7) is 0. The average Bonchev–Trinajstić information content (AvgIpc) is 2.79. The normalized spacial score (nSPS) is 22.4. The molecule has 0 spiro atoms. The van der Waals surface area contributed by atoms with Gasteiger partial charge < -0.3 is 14.6 Å². The largest absolute Gasteiger partial charge is 0.508 e. The number of phenolic OH excluding ortho intramolecular Hbond substituents is 1. The number of aromatic hydroxyl groups is 1. The predicted octanol–water partition coefficient (Wildman–Crippen LogP) is 5.29. The minimum absolute atomic E-state index is 0.0899. The highest BCUT2D eigenvalue weighted by atomic mass is 16.5. The molecule has 5 rings (SSSR count). The Kier molecular flexibility index (Phi) is 4.55. The Morgan fingerprint density at radius 1 is 0.967 bits per heavy atom. The third kappa shape index (κ3) is 3.14. The molecule has 1 aliphatic carbocycles. The number of hydrogen-bond donors (Lipinski definition) is 1. The topological polar surface area (TPSA) is 55.8 Å². The molecule has 3 aromatic carbocycles. The molecular formula is C26H22O4. The quantitative estimate of drug-likeness (QED) is 0.481. The molecule has 2 aliphatic rings. The Hall–Kier alpha value is -3.53. The van der Waals surface area contributed by atoms with Crippen LogP contribution in [0.2, 0.25) is 0 Å². The maximum absolute atomic E-state index is 12.9. The molecule has 150 valence electrons. The Morgan fingerprint density at radius 3 is 2.47 bits per heavy atom.